The summed E-state index contributed by atoms with van der Waals surface area (Å²) < 4.78 is 22.1. The fourth-order valence-corrected chi connectivity index (χ4v) is 2.11. The van der Waals surface area contributed by atoms with Crippen molar-refractivity contribution in [2.45, 2.75) is 33.3 Å². The number of rotatable bonds is 7. The monoisotopic (exact) mass is 329 g/mol. The largest absolute Gasteiger partial charge is 0.494 e. The molecule has 3 rings (SSSR count). The lowest BCUT2D eigenvalue weighted by Gasteiger charge is -2.11. The second-order valence-electron chi connectivity index (χ2n) is 5.09. The molecule has 126 valence electrons. The molecule has 0 radical (unpaired) electrons. The van der Waals surface area contributed by atoms with Crippen LogP contribution in [-0.2, 0) is 6.42 Å². The first kappa shape index (κ1) is 16.0. The van der Waals surface area contributed by atoms with Gasteiger partial charge in [0.2, 0.25) is 0 Å². The molecule has 2 heterocycles. The molecule has 24 heavy (non-hydrogen) atoms. The summed E-state index contributed by atoms with van der Waals surface area (Å²) in [5.41, 5.74) is 0.527. The quantitative estimate of drug-likeness (QED) is 0.651. The number of aryl methyl sites for hydroxylation is 1. The molecule has 1 unspecified atom stereocenters. The lowest BCUT2D eigenvalue weighted by Crippen LogP contribution is -2.03. The third-order valence-corrected chi connectivity index (χ3v) is 3.31. The first-order valence-electron chi connectivity index (χ1n) is 7.87. The lowest BCUT2D eigenvalue weighted by atomic mass is 10.3. The molecule has 0 saturated heterocycles. The fourth-order valence-electron chi connectivity index (χ4n) is 2.11. The average Bonchev–Trinajstić information content (AvgIpc) is 3.26. The molecule has 0 aliphatic carbocycles. The second-order valence-corrected chi connectivity index (χ2v) is 5.09. The van der Waals surface area contributed by atoms with Gasteiger partial charge in [0.1, 0.15) is 17.8 Å². The maximum atomic E-state index is 5.81. The molecule has 0 aliphatic heterocycles. The van der Waals surface area contributed by atoms with Gasteiger partial charge in [-0.15, -0.1) is 10.2 Å². The van der Waals surface area contributed by atoms with E-state index in [0.29, 0.717) is 42.1 Å². The van der Waals surface area contributed by atoms with Crippen molar-refractivity contribution < 1.29 is 18.3 Å². The van der Waals surface area contributed by atoms with E-state index < -0.39 is 0 Å². The van der Waals surface area contributed by atoms with E-state index in [1.54, 1.807) is 0 Å². The summed E-state index contributed by atoms with van der Waals surface area (Å²) in [6.45, 7) is 6.37. The third kappa shape index (κ3) is 3.56. The fraction of sp³-hybridized carbons (Fsp3) is 0.353. The SMILES string of the molecule is CCOc1ccc(OC(C)c2nnc(-c3coc(CC)n3)o2)cc1. The number of benzene rings is 1. The summed E-state index contributed by atoms with van der Waals surface area (Å²) in [5.74, 6) is 2.81. The lowest BCUT2D eigenvalue weighted by molar-refractivity contribution is 0.189. The van der Waals surface area contributed by atoms with Gasteiger partial charge in [-0.3, -0.25) is 0 Å². The van der Waals surface area contributed by atoms with Crippen LogP contribution in [0.4, 0.5) is 0 Å². The second kappa shape index (κ2) is 7.16. The number of aromatic nitrogens is 3. The van der Waals surface area contributed by atoms with Crippen molar-refractivity contribution >= 4 is 0 Å². The van der Waals surface area contributed by atoms with Crippen LogP contribution in [0, 0.1) is 0 Å². The maximum Gasteiger partial charge on any atom is 0.269 e. The molecular weight excluding hydrogens is 310 g/mol. The van der Waals surface area contributed by atoms with Crippen molar-refractivity contribution in [3.63, 3.8) is 0 Å². The highest BCUT2D eigenvalue weighted by atomic mass is 16.5. The smallest absolute Gasteiger partial charge is 0.269 e. The minimum Gasteiger partial charge on any atom is -0.494 e. The highest BCUT2D eigenvalue weighted by molar-refractivity contribution is 5.43. The Morgan fingerprint density at radius 1 is 1.08 bits per heavy atom. The predicted octanol–water partition coefficient (Wildman–Crippen LogP) is 3.83. The van der Waals surface area contributed by atoms with Crippen LogP contribution in [0.3, 0.4) is 0 Å². The molecule has 0 aliphatic rings. The molecule has 0 saturated carbocycles. The van der Waals surface area contributed by atoms with E-state index in [4.69, 9.17) is 18.3 Å². The van der Waals surface area contributed by atoms with Crippen molar-refractivity contribution in [3.05, 3.63) is 42.3 Å². The van der Waals surface area contributed by atoms with Crippen molar-refractivity contribution in [1.82, 2.24) is 15.2 Å². The number of hydrogen-bond donors (Lipinski definition) is 0. The molecule has 1 aromatic carbocycles. The van der Waals surface area contributed by atoms with E-state index in [0.717, 1.165) is 5.75 Å². The Morgan fingerprint density at radius 2 is 1.83 bits per heavy atom. The molecule has 3 aromatic rings. The Morgan fingerprint density at radius 3 is 2.50 bits per heavy atom. The van der Waals surface area contributed by atoms with Crippen LogP contribution in [0.25, 0.3) is 11.6 Å². The van der Waals surface area contributed by atoms with Crippen LogP contribution in [0.1, 0.15) is 38.7 Å². The number of oxazole rings is 1. The summed E-state index contributed by atoms with van der Waals surface area (Å²) in [5, 5.41) is 8.02. The first-order valence-corrected chi connectivity index (χ1v) is 7.87. The van der Waals surface area contributed by atoms with Gasteiger partial charge < -0.3 is 18.3 Å². The van der Waals surface area contributed by atoms with Crippen LogP contribution in [0.5, 0.6) is 11.5 Å². The third-order valence-electron chi connectivity index (χ3n) is 3.31. The minimum atomic E-state index is -0.387. The Bertz CT molecular complexity index is 779. The summed E-state index contributed by atoms with van der Waals surface area (Å²) in [6, 6.07) is 7.38. The molecule has 1 atom stereocenters. The molecule has 0 amide bonds. The van der Waals surface area contributed by atoms with E-state index >= 15 is 0 Å². The maximum absolute atomic E-state index is 5.81. The Kier molecular flexibility index (Phi) is 4.79. The Balaban J connectivity index is 1.67. The zero-order chi connectivity index (χ0) is 16.9. The van der Waals surface area contributed by atoms with E-state index in [-0.39, 0.29) is 6.10 Å². The van der Waals surface area contributed by atoms with Gasteiger partial charge in [0.15, 0.2) is 17.7 Å². The van der Waals surface area contributed by atoms with E-state index in [2.05, 4.69) is 15.2 Å². The molecule has 0 spiro atoms. The van der Waals surface area contributed by atoms with Gasteiger partial charge >= 0.3 is 0 Å². The predicted molar refractivity (Wildman–Crippen MR) is 85.8 cm³/mol. The standard InChI is InChI=1S/C17H19N3O4/c1-4-15-18-14(10-22-15)17-20-19-16(24-17)11(3)23-13-8-6-12(7-9-13)21-5-2/h6-11H,4-5H2,1-3H3. The number of ether oxygens (including phenoxy) is 2. The minimum absolute atomic E-state index is 0.315. The van der Waals surface area contributed by atoms with Crippen LogP contribution < -0.4 is 9.47 Å². The van der Waals surface area contributed by atoms with E-state index in [9.17, 15) is 0 Å². The summed E-state index contributed by atoms with van der Waals surface area (Å²) in [4.78, 5) is 4.27. The molecule has 2 aromatic heterocycles. The van der Waals surface area contributed by atoms with Crippen molar-refractivity contribution in [2.75, 3.05) is 6.61 Å². The highest BCUT2D eigenvalue weighted by Crippen LogP contribution is 2.25. The van der Waals surface area contributed by atoms with Crippen LogP contribution in [-0.4, -0.2) is 21.8 Å². The van der Waals surface area contributed by atoms with Crippen molar-refractivity contribution in [1.29, 1.82) is 0 Å². The molecule has 7 nitrogen and oxygen atoms in total. The van der Waals surface area contributed by atoms with E-state index in [1.165, 1.54) is 6.26 Å². The van der Waals surface area contributed by atoms with Crippen molar-refractivity contribution in [3.8, 4) is 23.1 Å². The molecule has 0 N–H and O–H groups in total. The molecule has 7 heteroatoms. The zero-order valence-corrected chi connectivity index (χ0v) is 13.9. The van der Waals surface area contributed by atoms with Crippen molar-refractivity contribution in [2.24, 2.45) is 0 Å². The molecular formula is C17H19N3O4. The Labute approximate surface area is 139 Å². The van der Waals surface area contributed by atoms with Crippen LogP contribution >= 0.6 is 0 Å². The Hall–Kier alpha value is -2.83. The highest BCUT2D eigenvalue weighted by Gasteiger charge is 2.18. The number of nitrogens with zero attached hydrogens (tertiary/aromatic N) is 3. The molecule has 0 fully saturated rings. The van der Waals surface area contributed by atoms with Gasteiger partial charge in [0.05, 0.1) is 6.61 Å². The number of hydrogen-bond acceptors (Lipinski definition) is 7. The van der Waals surface area contributed by atoms with Gasteiger partial charge in [-0.1, -0.05) is 6.92 Å². The van der Waals surface area contributed by atoms with Gasteiger partial charge in [-0.25, -0.2) is 4.98 Å². The summed E-state index contributed by atoms with van der Waals surface area (Å²) in [7, 11) is 0. The average molecular weight is 329 g/mol. The zero-order valence-electron chi connectivity index (χ0n) is 13.9. The topological polar surface area (TPSA) is 83.4 Å². The normalized spacial score (nSPS) is 12.1. The summed E-state index contributed by atoms with van der Waals surface area (Å²) in [6.07, 6.45) is 1.83. The van der Waals surface area contributed by atoms with Gasteiger partial charge in [0.25, 0.3) is 11.8 Å². The summed E-state index contributed by atoms with van der Waals surface area (Å²) >= 11 is 0. The van der Waals surface area contributed by atoms with Crippen LogP contribution in [0.15, 0.2) is 39.4 Å². The molecule has 0 bridgehead atoms. The van der Waals surface area contributed by atoms with E-state index in [1.807, 2.05) is 45.0 Å². The van der Waals surface area contributed by atoms with Gasteiger partial charge in [-0.05, 0) is 38.1 Å². The van der Waals surface area contributed by atoms with Gasteiger partial charge in [-0.2, -0.15) is 0 Å². The van der Waals surface area contributed by atoms with Gasteiger partial charge in [0, 0.05) is 6.42 Å². The first-order chi connectivity index (χ1) is 11.7. The van der Waals surface area contributed by atoms with Crippen LogP contribution in [0.2, 0.25) is 0 Å².